The molecule has 2 rings (SSSR count). The minimum Gasteiger partial charge on any atom is -0.383 e. The second-order valence-electron chi connectivity index (χ2n) is 3.66. The van der Waals surface area contributed by atoms with E-state index in [1.165, 1.54) is 24.4 Å². The summed E-state index contributed by atoms with van der Waals surface area (Å²) in [6.07, 6.45) is 1.48. The average Bonchev–Trinajstić information content (AvgIpc) is 2.36. The second kappa shape index (κ2) is 5.66. The van der Waals surface area contributed by atoms with E-state index in [0.29, 0.717) is 8.95 Å². The summed E-state index contributed by atoms with van der Waals surface area (Å²) >= 11 is 6.40. The number of nitrogens with one attached hydrogen (secondary N) is 1. The average molecular weight is 389 g/mol. The van der Waals surface area contributed by atoms with Crippen LogP contribution in [0.2, 0.25) is 0 Å². The molecule has 1 aromatic heterocycles. The maximum atomic E-state index is 13.5. The number of nitrogens with zero attached hydrogens (tertiary/aromatic N) is 1. The molecular weight excluding hydrogens is 381 g/mol. The summed E-state index contributed by atoms with van der Waals surface area (Å²) in [7, 11) is 0. The molecule has 2 aromatic rings. The van der Waals surface area contributed by atoms with Crippen molar-refractivity contribution in [1.29, 1.82) is 0 Å². The van der Waals surface area contributed by atoms with E-state index in [4.69, 9.17) is 5.73 Å². The van der Waals surface area contributed by atoms with E-state index in [-0.39, 0.29) is 17.1 Å². The van der Waals surface area contributed by atoms with Crippen LogP contribution in [0.1, 0.15) is 10.4 Å². The SMILES string of the molecule is Nc1ncc(Br)cc1C(=O)Nc1cc(Br)ccc1F. The van der Waals surface area contributed by atoms with Gasteiger partial charge in [-0.25, -0.2) is 9.37 Å². The third-order valence-electron chi connectivity index (χ3n) is 2.31. The highest BCUT2D eigenvalue weighted by molar-refractivity contribution is 9.10. The summed E-state index contributed by atoms with van der Waals surface area (Å²) in [6.45, 7) is 0. The minimum atomic E-state index is -0.530. The van der Waals surface area contributed by atoms with Crippen molar-refractivity contribution in [3.05, 3.63) is 50.8 Å². The lowest BCUT2D eigenvalue weighted by atomic mass is 10.2. The van der Waals surface area contributed by atoms with Crippen LogP contribution in [0.4, 0.5) is 15.9 Å². The maximum absolute atomic E-state index is 13.5. The first-order valence-electron chi connectivity index (χ1n) is 5.15. The molecule has 0 unspecified atom stereocenters. The van der Waals surface area contributed by atoms with Crippen molar-refractivity contribution in [1.82, 2.24) is 4.98 Å². The van der Waals surface area contributed by atoms with Gasteiger partial charge in [0.05, 0.1) is 11.3 Å². The zero-order valence-corrected chi connectivity index (χ0v) is 12.6. The highest BCUT2D eigenvalue weighted by Crippen LogP contribution is 2.22. The van der Waals surface area contributed by atoms with E-state index < -0.39 is 11.7 Å². The Bertz CT molecular complexity index is 649. The number of halogens is 3. The fourth-order valence-corrected chi connectivity index (χ4v) is 2.11. The molecule has 98 valence electrons. The molecule has 0 saturated carbocycles. The van der Waals surface area contributed by atoms with Gasteiger partial charge in [-0.15, -0.1) is 0 Å². The van der Waals surface area contributed by atoms with Gasteiger partial charge >= 0.3 is 0 Å². The molecule has 4 nitrogen and oxygen atoms in total. The van der Waals surface area contributed by atoms with Crippen molar-refractivity contribution >= 4 is 49.3 Å². The van der Waals surface area contributed by atoms with Gasteiger partial charge < -0.3 is 11.1 Å². The summed E-state index contributed by atoms with van der Waals surface area (Å²) in [6, 6.07) is 5.78. The Morgan fingerprint density at radius 1 is 1.26 bits per heavy atom. The molecular formula is C12H8Br2FN3O. The molecule has 7 heteroatoms. The first-order valence-corrected chi connectivity index (χ1v) is 6.73. The predicted molar refractivity (Wildman–Crippen MR) is 78.4 cm³/mol. The van der Waals surface area contributed by atoms with Crippen LogP contribution in [0, 0.1) is 5.82 Å². The zero-order chi connectivity index (χ0) is 14.0. The summed E-state index contributed by atoms with van der Waals surface area (Å²) in [5.41, 5.74) is 5.86. The number of carbonyl (C=O) groups is 1. The number of carbonyl (C=O) groups excluding carboxylic acids is 1. The second-order valence-corrected chi connectivity index (χ2v) is 5.50. The molecule has 1 heterocycles. The van der Waals surface area contributed by atoms with Gasteiger partial charge in [-0.3, -0.25) is 4.79 Å². The van der Waals surface area contributed by atoms with Crippen LogP contribution in [0.25, 0.3) is 0 Å². The Kier molecular flexibility index (Phi) is 4.16. The highest BCUT2D eigenvalue weighted by atomic mass is 79.9. The molecule has 0 bridgehead atoms. The third kappa shape index (κ3) is 3.30. The zero-order valence-electron chi connectivity index (χ0n) is 9.45. The number of hydrogen-bond acceptors (Lipinski definition) is 3. The predicted octanol–water partition coefficient (Wildman–Crippen LogP) is 3.58. The third-order valence-corrected chi connectivity index (χ3v) is 3.23. The van der Waals surface area contributed by atoms with Crippen LogP contribution >= 0.6 is 31.9 Å². The molecule has 3 N–H and O–H groups in total. The van der Waals surface area contributed by atoms with Gasteiger partial charge in [0.2, 0.25) is 0 Å². The van der Waals surface area contributed by atoms with Crippen LogP contribution < -0.4 is 11.1 Å². The molecule has 1 aromatic carbocycles. The van der Waals surface area contributed by atoms with Crippen molar-refractivity contribution in [2.24, 2.45) is 0 Å². The molecule has 0 spiro atoms. The number of aromatic nitrogens is 1. The fourth-order valence-electron chi connectivity index (χ4n) is 1.41. The van der Waals surface area contributed by atoms with Crippen LogP contribution in [-0.4, -0.2) is 10.9 Å². The quantitative estimate of drug-likeness (QED) is 0.826. The first kappa shape index (κ1) is 14.0. The monoisotopic (exact) mass is 387 g/mol. The Morgan fingerprint density at radius 3 is 2.74 bits per heavy atom. The van der Waals surface area contributed by atoms with E-state index in [1.807, 2.05) is 0 Å². The molecule has 0 saturated heterocycles. The van der Waals surface area contributed by atoms with E-state index >= 15 is 0 Å². The number of amides is 1. The van der Waals surface area contributed by atoms with Gasteiger partial charge in [-0.1, -0.05) is 15.9 Å². The lowest BCUT2D eigenvalue weighted by molar-refractivity contribution is 0.102. The molecule has 19 heavy (non-hydrogen) atoms. The molecule has 0 aliphatic heterocycles. The summed E-state index contributed by atoms with van der Waals surface area (Å²) in [4.78, 5) is 15.9. The van der Waals surface area contributed by atoms with Crippen LogP contribution in [0.15, 0.2) is 39.4 Å². The summed E-state index contributed by atoms with van der Waals surface area (Å²) in [5, 5.41) is 2.45. The Hall–Kier alpha value is -1.47. The van der Waals surface area contributed by atoms with Crippen molar-refractivity contribution < 1.29 is 9.18 Å². The van der Waals surface area contributed by atoms with Crippen molar-refractivity contribution in [3.63, 3.8) is 0 Å². The molecule has 0 fully saturated rings. The molecule has 1 amide bonds. The van der Waals surface area contributed by atoms with E-state index in [9.17, 15) is 9.18 Å². The number of nitrogens with two attached hydrogens (primary N) is 1. The number of rotatable bonds is 2. The standard InChI is InChI=1S/C12H8Br2FN3O/c13-6-1-2-9(15)10(4-6)18-12(19)8-3-7(14)5-17-11(8)16/h1-5H,(H2,16,17)(H,18,19). The maximum Gasteiger partial charge on any atom is 0.259 e. The van der Waals surface area contributed by atoms with Crippen molar-refractivity contribution in [2.45, 2.75) is 0 Å². The topological polar surface area (TPSA) is 68.0 Å². The van der Waals surface area contributed by atoms with Gasteiger partial charge in [-0.05, 0) is 40.2 Å². The van der Waals surface area contributed by atoms with Gasteiger partial charge in [-0.2, -0.15) is 0 Å². The fraction of sp³-hybridized carbons (Fsp3) is 0. The lowest BCUT2D eigenvalue weighted by Gasteiger charge is -2.08. The molecule has 0 aliphatic rings. The highest BCUT2D eigenvalue weighted by Gasteiger charge is 2.13. The number of nitrogen functional groups attached to an aromatic ring is 1. The smallest absolute Gasteiger partial charge is 0.259 e. The minimum absolute atomic E-state index is 0.0683. The van der Waals surface area contributed by atoms with Crippen molar-refractivity contribution in [3.8, 4) is 0 Å². The Balaban J connectivity index is 2.30. The van der Waals surface area contributed by atoms with Gasteiger partial charge in [0.25, 0.3) is 5.91 Å². The Labute approximate surface area is 125 Å². The normalized spacial score (nSPS) is 10.3. The molecule has 0 atom stereocenters. The van der Waals surface area contributed by atoms with Crippen molar-refractivity contribution in [2.75, 3.05) is 11.1 Å². The van der Waals surface area contributed by atoms with E-state index in [0.717, 1.165) is 0 Å². The summed E-state index contributed by atoms with van der Waals surface area (Å²) < 4.78 is 14.8. The largest absolute Gasteiger partial charge is 0.383 e. The first-order chi connectivity index (χ1) is 8.97. The molecule has 0 aliphatic carbocycles. The lowest BCUT2D eigenvalue weighted by Crippen LogP contribution is -2.15. The van der Waals surface area contributed by atoms with E-state index in [1.54, 1.807) is 6.07 Å². The van der Waals surface area contributed by atoms with Crippen LogP contribution in [-0.2, 0) is 0 Å². The number of anilines is 2. The molecule has 0 radical (unpaired) electrons. The number of pyridine rings is 1. The van der Waals surface area contributed by atoms with Crippen LogP contribution in [0.3, 0.4) is 0 Å². The van der Waals surface area contributed by atoms with Gasteiger partial charge in [0.15, 0.2) is 0 Å². The van der Waals surface area contributed by atoms with Gasteiger partial charge in [0.1, 0.15) is 11.6 Å². The Morgan fingerprint density at radius 2 is 2.00 bits per heavy atom. The van der Waals surface area contributed by atoms with Gasteiger partial charge in [0, 0.05) is 15.1 Å². The number of benzene rings is 1. The summed E-state index contributed by atoms with van der Waals surface area (Å²) in [5.74, 6) is -0.975. The van der Waals surface area contributed by atoms with E-state index in [2.05, 4.69) is 42.2 Å². The number of hydrogen-bond donors (Lipinski definition) is 2. The van der Waals surface area contributed by atoms with Crippen LogP contribution in [0.5, 0.6) is 0 Å².